The van der Waals surface area contributed by atoms with Crippen LogP contribution in [0.25, 0.3) is 0 Å². The first-order valence-electron chi connectivity index (χ1n) is 6.49. The highest BCUT2D eigenvalue weighted by atomic mass is 32.1. The molecule has 5 nitrogen and oxygen atoms in total. The van der Waals surface area contributed by atoms with Crippen LogP contribution in [0.2, 0.25) is 0 Å². The number of nitrogens with one attached hydrogen (secondary N) is 1. The molecule has 0 aliphatic heterocycles. The minimum absolute atomic E-state index is 0.325. The van der Waals surface area contributed by atoms with Gasteiger partial charge in [-0.15, -0.1) is 16.4 Å². The van der Waals surface area contributed by atoms with Gasteiger partial charge in [0.2, 0.25) is 5.89 Å². The van der Waals surface area contributed by atoms with Crippen LogP contribution < -0.4 is 10.2 Å². The minimum Gasteiger partial charge on any atom is -0.407 e. The molecule has 0 aromatic carbocycles. The van der Waals surface area contributed by atoms with Gasteiger partial charge < -0.3 is 14.6 Å². The third-order valence-electron chi connectivity index (χ3n) is 3.02. The van der Waals surface area contributed by atoms with E-state index in [9.17, 15) is 0 Å². The summed E-state index contributed by atoms with van der Waals surface area (Å²) in [5, 5.41) is 13.4. The number of hydrogen-bond acceptors (Lipinski definition) is 6. The van der Waals surface area contributed by atoms with Gasteiger partial charge in [-0.3, -0.25) is 0 Å². The number of likely N-dealkylation sites (N-methyl/N-ethyl adjacent to an activating group) is 1. The minimum atomic E-state index is 0.325. The Bertz CT molecular complexity index is 483. The molecule has 0 aliphatic carbocycles. The molecule has 2 aromatic heterocycles. The zero-order valence-electron chi connectivity index (χ0n) is 11.6. The van der Waals surface area contributed by atoms with Gasteiger partial charge in [0, 0.05) is 24.4 Å². The summed E-state index contributed by atoms with van der Waals surface area (Å²) >= 11 is 1.78. The van der Waals surface area contributed by atoms with Crippen LogP contribution in [0.1, 0.15) is 24.6 Å². The number of aromatic nitrogens is 2. The van der Waals surface area contributed by atoms with Gasteiger partial charge in [-0.1, -0.05) is 18.1 Å². The van der Waals surface area contributed by atoms with Crippen molar-refractivity contribution in [3.8, 4) is 0 Å². The average Bonchev–Trinajstić information content (AvgIpc) is 3.06. The lowest BCUT2D eigenvalue weighted by Gasteiger charge is -2.21. The van der Waals surface area contributed by atoms with Crippen molar-refractivity contribution in [2.24, 2.45) is 0 Å². The second-order valence-electron chi connectivity index (χ2n) is 4.50. The van der Waals surface area contributed by atoms with Crippen molar-refractivity contribution >= 4 is 17.4 Å². The highest BCUT2D eigenvalue weighted by Crippen LogP contribution is 2.18. The van der Waals surface area contributed by atoms with Crippen LogP contribution in [0, 0.1) is 0 Å². The van der Waals surface area contributed by atoms with Crippen molar-refractivity contribution in [1.29, 1.82) is 0 Å². The molecule has 2 heterocycles. The fourth-order valence-corrected chi connectivity index (χ4v) is 2.56. The Balaban J connectivity index is 1.94. The molecule has 0 radical (unpaired) electrons. The Kier molecular flexibility index (Phi) is 4.93. The van der Waals surface area contributed by atoms with Gasteiger partial charge in [-0.05, 0) is 24.9 Å². The van der Waals surface area contributed by atoms with E-state index in [0.717, 1.165) is 13.0 Å². The van der Waals surface area contributed by atoms with Crippen LogP contribution in [0.5, 0.6) is 0 Å². The van der Waals surface area contributed by atoms with E-state index in [1.165, 1.54) is 4.88 Å². The molecule has 0 spiro atoms. The number of nitrogens with zero attached hydrogens (tertiary/aromatic N) is 3. The number of hydrogen-bond donors (Lipinski definition) is 1. The molecule has 0 fully saturated rings. The second-order valence-corrected chi connectivity index (χ2v) is 5.53. The first-order valence-corrected chi connectivity index (χ1v) is 7.37. The van der Waals surface area contributed by atoms with Gasteiger partial charge in [-0.2, -0.15) is 0 Å². The Labute approximate surface area is 117 Å². The first-order chi connectivity index (χ1) is 9.20. The van der Waals surface area contributed by atoms with Crippen LogP contribution in [0.15, 0.2) is 21.9 Å². The van der Waals surface area contributed by atoms with E-state index in [1.54, 1.807) is 11.3 Å². The van der Waals surface area contributed by atoms with Crippen LogP contribution >= 0.6 is 11.3 Å². The average molecular weight is 280 g/mol. The highest BCUT2D eigenvalue weighted by molar-refractivity contribution is 7.09. The molecule has 0 saturated heterocycles. The van der Waals surface area contributed by atoms with E-state index >= 15 is 0 Å². The van der Waals surface area contributed by atoms with Crippen molar-refractivity contribution in [3.63, 3.8) is 0 Å². The summed E-state index contributed by atoms with van der Waals surface area (Å²) in [5.74, 6) is 0.632. The predicted molar refractivity (Wildman–Crippen MR) is 77.6 cm³/mol. The van der Waals surface area contributed by atoms with Crippen molar-refractivity contribution in [2.45, 2.75) is 32.9 Å². The third-order valence-corrected chi connectivity index (χ3v) is 3.92. The van der Waals surface area contributed by atoms with E-state index in [4.69, 9.17) is 4.42 Å². The maximum absolute atomic E-state index is 5.63. The molecule has 0 amide bonds. The van der Waals surface area contributed by atoms with Gasteiger partial charge in [0.05, 0.1) is 6.54 Å². The van der Waals surface area contributed by atoms with Crippen LogP contribution in [-0.4, -0.2) is 29.8 Å². The SMILES string of the molecule is CCNCc1nnc(N(C)C(C)Cc2cccs2)o1. The fraction of sp³-hybridized carbons (Fsp3) is 0.538. The summed E-state index contributed by atoms with van der Waals surface area (Å²) in [6.07, 6.45) is 0.985. The van der Waals surface area contributed by atoms with Gasteiger partial charge in [0.25, 0.3) is 0 Å². The number of anilines is 1. The maximum atomic E-state index is 5.63. The predicted octanol–water partition coefficient (Wildman–Crippen LogP) is 2.31. The molecule has 0 aliphatic rings. The lowest BCUT2D eigenvalue weighted by molar-refractivity contribution is 0.459. The molecular formula is C13H20N4OS. The topological polar surface area (TPSA) is 54.2 Å². The molecule has 0 bridgehead atoms. The number of thiophene rings is 1. The molecule has 19 heavy (non-hydrogen) atoms. The van der Waals surface area contributed by atoms with E-state index < -0.39 is 0 Å². The monoisotopic (exact) mass is 280 g/mol. The standard InChI is InChI=1S/C13H20N4OS/c1-4-14-9-12-15-16-13(18-12)17(3)10(2)8-11-6-5-7-19-11/h5-7,10,14H,4,8-9H2,1-3H3. The first kappa shape index (κ1) is 14.0. The third kappa shape index (κ3) is 3.78. The molecule has 6 heteroatoms. The van der Waals surface area contributed by atoms with Crippen molar-refractivity contribution in [1.82, 2.24) is 15.5 Å². The molecule has 1 unspecified atom stereocenters. The summed E-state index contributed by atoms with van der Waals surface area (Å²) in [7, 11) is 1.99. The Morgan fingerprint density at radius 1 is 1.47 bits per heavy atom. The Hall–Kier alpha value is -1.40. The van der Waals surface area contributed by atoms with E-state index in [-0.39, 0.29) is 0 Å². The molecule has 104 valence electrons. The molecule has 1 atom stereocenters. The zero-order valence-corrected chi connectivity index (χ0v) is 12.4. The van der Waals surface area contributed by atoms with Crippen molar-refractivity contribution in [3.05, 3.63) is 28.3 Å². The fourth-order valence-electron chi connectivity index (χ4n) is 1.74. The largest absolute Gasteiger partial charge is 0.407 e. The van der Waals surface area contributed by atoms with Gasteiger partial charge in [0.15, 0.2) is 0 Å². The Morgan fingerprint density at radius 3 is 3.00 bits per heavy atom. The normalized spacial score (nSPS) is 12.6. The zero-order chi connectivity index (χ0) is 13.7. The van der Waals surface area contributed by atoms with E-state index in [0.29, 0.717) is 24.5 Å². The maximum Gasteiger partial charge on any atom is 0.318 e. The van der Waals surface area contributed by atoms with Gasteiger partial charge in [-0.25, -0.2) is 0 Å². The molecule has 1 N–H and O–H groups in total. The van der Waals surface area contributed by atoms with E-state index in [2.05, 4.69) is 40.0 Å². The summed E-state index contributed by atoms with van der Waals surface area (Å²) in [4.78, 5) is 3.40. The van der Waals surface area contributed by atoms with Crippen molar-refractivity contribution < 1.29 is 4.42 Å². The summed E-state index contributed by atoms with van der Waals surface area (Å²) < 4.78 is 5.63. The van der Waals surface area contributed by atoms with Crippen molar-refractivity contribution in [2.75, 3.05) is 18.5 Å². The second kappa shape index (κ2) is 6.68. The van der Waals surface area contributed by atoms with Gasteiger partial charge in [0.1, 0.15) is 0 Å². The Morgan fingerprint density at radius 2 is 2.32 bits per heavy atom. The summed E-state index contributed by atoms with van der Waals surface area (Å²) in [6.45, 7) is 5.72. The molecule has 0 saturated carbocycles. The lowest BCUT2D eigenvalue weighted by Crippen LogP contribution is -2.30. The number of rotatable bonds is 7. The van der Waals surface area contributed by atoms with Crippen LogP contribution in [0.3, 0.4) is 0 Å². The van der Waals surface area contributed by atoms with Crippen LogP contribution in [0.4, 0.5) is 6.01 Å². The highest BCUT2D eigenvalue weighted by Gasteiger charge is 2.17. The smallest absolute Gasteiger partial charge is 0.318 e. The quantitative estimate of drug-likeness (QED) is 0.843. The molecule has 2 aromatic rings. The van der Waals surface area contributed by atoms with E-state index in [1.807, 2.05) is 18.9 Å². The summed E-state index contributed by atoms with van der Waals surface area (Å²) in [6, 6.07) is 5.14. The molecule has 2 rings (SSSR count). The van der Waals surface area contributed by atoms with Crippen LogP contribution in [-0.2, 0) is 13.0 Å². The van der Waals surface area contributed by atoms with Gasteiger partial charge >= 0.3 is 6.01 Å². The molecular weight excluding hydrogens is 260 g/mol. The summed E-state index contributed by atoms with van der Waals surface area (Å²) in [5.41, 5.74) is 0. The lowest BCUT2D eigenvalue weighted by atomic mass is 10.2.